The van der Waals surface area contributed by atoms with Crippen LogP contribution in [0.4, 0.5) is 10.5 Å². The molecule has 2 N–H and O–H groups in total. The van der Waals surface area contributed by atoms with Crippen LogP contribution < -0.4 is 10.6 Å². The highest BCUT2D eigenvalue weighted by atomic mass is 16.2. The van der Waals surface area contributed by atoms with Crippen molar-refractivity contribution in [3.8, 4) is 0 Å². The van der Waals surface area contributed by atoms with Crippen molar-refractivity contribution >= 4 is 11.7 Å². The largest absolute Gasteiger partial charge is 0.337 e. The van der Waals surface area contributed by atoms with Gasteiger partial charge in [-0.2, -0.15) is 0 Å². The van der Waals surface area contributed by atoms with Gasteiger partial charge in [-0.25, -0.2) is 4.79 Å². The molecule has 0 heterocycles. The van der Waals surface area contributed by atoms with Gasteiger partial charge in [0.25, 0.3) is 0 Å². The molecule has 4 bridgehead atoms. The smallest absolute Gasteiger partial charge is 0.319 e. The summed E-state index contributed by atoms with van der Waals surface area (Å²) in [6.45, 7) is 5.15. The van der Waals surface area contributed by atoms with Crippen molar-refractivity contribution < 1.29 is 4.79 Å². The fraction of sp³-hybridized carbons (Fsp3) is 0.682. The van der Waals surface area contributed by atoms with Crippen molar-refractivity contribution in [3.05, 3.63) is 29.3 Å². The van der Waals surface area contributed by atoms with Crippen LogP contribution in [0.25, 0.3) is 0 Å². The zero-order valence-corrected chi connectivity index (χ0v) is 15.7. The van der Waals surface area contributed by atoms with E-state index in [9.17, 15) is 4.79 Å². The molecule has 4 saturated carbocycles. The molecule has 4 aliphatic carbocycles. The molecule has 4 fully saturated rings. The van der Waals surface area contributed by atoms with Gasteiger partial charge in [0.05, 0.1) is 0 Å². The van der Waals surface area contributed by atoms with Crippen LogP contribution in [-0.4, -0.2) is 12.6 Å². The summed E-state index contributed by atoms with van der Waals surface area (Å²) in [4.78, 5) is 12.6. The van der Waals surface area contributed by atoms with E-state index >= 15 is 0 Å². The number of nitrogens with one attached hydrogen (secondary N) is 2. The Balaban J connectivity index is 1.40. The maximum Gasteiger partial charge on any atom is 0.319 e. The number of rotatable bonds is 5. The number of aryl methyl sites for hydroxylation is 2. The van der Waals surface area contributed by atoms with Crippen LogP contribution >= 0.6 is 0 Å². The van der Waals surface area contributed by atoms with Crippen LogP contribution in [0.2, 0.25) is 0 Å². The van der Waals surface area contributed by atoms with Gasteiger partial charge in [-0.1, -0.05) is 32.0 Å². The third kappa shape index (κ3) is 3.30. The van der Waals surface area contributed by atoms with Gasteiger partial charge in [0.15, 0.2) is 0 Å². The van der Waals surface area contributed by atoms with Crippen LogP contribution in [-0.2, 0) is 12.8 Å². The van der Waals surface area contributed by atoms with Crippen molar-refractivity contribution in [3.63, 3.8) is 0 Å². The summed E-state index contributed by atoms with van der Waals surface area (Å²) < 4.78 is 0. The fourth-order valence-corrected chi connectivity index (χ4v) is 6.34. The van der Waals surface area contributed by atoms with Crippen LogP contribution in [0.1, 0.15) is 63.5 Å². The number of hydrogen-bond acceptors (Lipinski definition) is 1. The van der Waals surface area contributed by atoms with Gasteiger partial charge >= 0.3 is 6.03 Å². The second kappa shape index (κ2) is 6.66. The molecular weight excluding hydrogens is 308 g/mol. The lowest BCUT2D eigenvalue weighted by Crippen LogP contribution is -2.51. The molecule has 0 aromatic heterocycles. The first-order valence-electron chi connectivity index (χ1n) is 10.3. The highest BCUT2D eigenvalue weighted by Gasteiger charge is 2.50. The molecule has 0 atom stereocenters. The summed E-state index contributed by atoms with van der Waals surface area (Å²) in [6, 6.07) is 6.31. The predicted molar refractivity (Wildman–Crippen MR) is 103 cm³/mol. The van der Waals surface area contributed by atoms with Gasteiger partial charge in [-0.05, 0) is 85.7 Å². The first-order valence-corrected chi connectivity index (χ1v) is 10.3. The number of urea groups is 1. The lowest BCUT2D eigenvalue weighted by Gasteiger charge is -2.56. The van der Waals surface area contributed by atoms with Crippen molar-refractivity contribution in [2.24, 2.45) is 23.2 Å². The number of benzene rings is 1. The molecular formula is C22H32N2O. The Morgan fingerprint density at radius 1 is 1.00 bits per heavy atom. The van der Waals surface area contributed by atoms with Crippen LogP contribution in [0, 0.1) is 23.2 Å². The fourth-order valence-electron chi connectivity index (χ4n) is 6.34. The Labute approximate surface area is 152 Å². The van der Waals surface area contributed by atoms with E-state index in [4.69, 9.17) is 0 Å². The van der Waals surface area contributed by atoms with Gasteiger partial charge in [-0.15, -0.1) is 0 Å². The van der Waals surface area contributed by atoms with E-state index in [1.165, 1.54) is 49.7 Å². The maximum absolute atomic E-state index is 12.6. The van der Waals surface area contributed by atoms with Crippen LogP contribution in [0.3, 0.4) is 0 Å². The Morgan fingerprint density at radius 3 is 2.00 bits per heavy atom. The number of hydrogen-bond donors (Lipinski definition) is 2. The monoisotopic (exact) mass is 340 g/mol. The number of carbonyl (C=O) groups excluding carboxylic acids is 1. The third-order valence-corrected chi connectivity index (χ3v) is 7.03. The molecule has 0 radical (unpaired) electrons. The molecule has 0 saturated heterocycles. The standard InChI is InChI=1S/C22H32N2O/c1-3-18-6-5-7-19(4-2)20(18)24-21(25)23-14-22-11-15-8-16(12-22)10-17(9-15)13-22/h5-7,15-17H,3-4,8-14H2,1-2H3,(H2,23,24,25). The zero-order valence-electron chi connectivity index (χ0n) is 15.7. The van der Waals surface area contributed by atoms with Crippen LogP contribution in [0.15, 0.2) is 18.2 Å². The van der Waals surface area contributed by atoms with Gasteiger partial charge < -0.3 is 10.6 Å². The summed E-state index contributed by atoms with van der Waals surface area (Å²) >= 11 is 0. The molecule has 25 heavy (non-hydrogen) atoms. The number of anilines is 1. The minimum Gasteiger partial charge on any atom is -0.337 e. The first kappa shape index (κ1) is 16.9. The summed E-state index contributed by atoms with van der Waals surface area (Å²) in [5.41, 5.74) is 3.87. The second-order valence-corrected chi connectivity index (χ2v) is 8.88. The molecule has 1 aromatic carbocycles. The molecule has 3 nitrogen and oxygen atoms in total. The molecule has 0 spiro atoms. The van der Waals surface area contributed by atoms with Gasteiger partial charge in [0.1, 0.15) is 0 Å². The summed E-state index contributed by atoms with van der Waals surface area (Å²) in [5.74, 6) is 2.80. The summed E-state index contributed by atoms with van der Waals surface area (Å²) in [6.07, 6.45) is 10.3. The maximum atomic E-state index is 12.6. The molecule has 5 rings (SSSR count). The topological polar surface area (TPSA) is 41.1 Å². The molecule has 1 aromatic rings. The highest BCUT2D eigenvalue weighted by molar-refractivity contribution is 5.91. The second-order valence-electron chi connectivity index (χ2n) is 8.88. The minimum absolute atomic E-state index is 0.0219. The van der Waals surface area contributed by atoms with Crippen molar-refractivity contribution in [2.75, 3.05) is 11.9 Å². The minimum atomic E-state index is -0.0219. The Kier molecular flexibility index (Phi) is 4.51. The highest BCUT2D eigenvalue weighted by Crippen LogP contribution is 2.59. The average molecular weight is 341 g/mol. The van der Waals surface area contributed by atoms with Crippen molar-refractivity contribution in [2.45, 2.75) is 65.2 Å². The van der Waals surface area contributed by atoms with Crippen LogP contribution in [0.5, 0.6) is 0 Å². The summed E-state index contributed by atoms with van der Waals surface area (Å²) in [5, 5.41) is 6.40. The normalized spacial score (nSPS) is 32.6. The van der Waals surface area contributed by atoms with Crippen molar-refractivity contribution in [1.29, 1.82) is 0 Å². The third-order valence-electron chi connectivity index (χ3n) is 7.03. The lowest BCUT2D eigenvalue weighted by atomic mass is 9.49. The van der Waals surface area contributed by atoms with E-state index in [0.29, 0.717) is 5.41 Å². The number of carbonyl (C=O) groups is 1. The molecule has 136 valence electrons. The Hall–Kier alpha value is -1.51. The van der Waals surface area contributed by atoms with E-state index in [0.717, 1.165) is 42.8 Å². The number of amides is 2. The Morgan fingerprint density at radius 2 is 1.52 bits per heavy atom. The van der Waals surface area contributed by atoms with Gasteiger partial charge in [-0.3, -0.25) is 0 Å². The Bertz CT molecular complexity index is 594. The molecule has 2 amide bonds. The van der Waals surface area contributed by atoms with Gasteiger partial charge in [0.2, 0.25) is 0 Å². The lowest BCUT2D eigenvalue weighted by molar-refractivity contribution is -0.0496. The molecule has 0 unspecified atom stereocenters. The quantitative estimate of drug-likeness (QED) is 0.765. The van der Waals surface area contributed by atoms with E-state index < -0.39 is 0 Å². The molecule has 4 aliphatic rings. The first-order chi connectivity index (χ1) is 12.1. The van der Waals surface area contributed by atoms with Gasteiger partial charge in [0, 0.05) is 12.2 Å². The van der Waals surface area contributed by atoms with E-state index in [2.05, 4.69) is 42.7 Å². The average Bonchev–Trinajstić information content (AvgIpc) is 2.59. The SMILES string of the molecule is CCc1cccc(CC)c1NC(=O)NCC12CC3CC(CC(C3)C1)C2. The van der Waals surface area contributed by atoms with E-state index in [1.807, 2.05) is 0 Å². The molecule has 3 heteroatoms. The predicted octanol–water partition coefficient (Wildman–Crippen LogP) is 5.15. The summed E-state index contributed by atoms with van der Waals surface area (Å²) in [7, 11) is 0. The van der Waals surface area contributed by atoms with Crippen molar-refractivity contribution in [1.82, 2.24) is 5.32 Å². The number of para-hydroxylation sites is 1. The molecule has 0 aliphatic heterocycles. The zero-order chi connectivity index (χ0) is 17.4. The van der Waals surface area contributed by atoms with E-state index in [-0.39, 0.29) is 6.03 Å². The van der Waals surface area contributed by atoms with E-state index in [1.54, 1.807) is 0 Å².